The molecule has 1 aliphatic heterocycles. The van der Waals surface area contributed by atoms with Crippen LogP contribution in [0, 0.1) is 17.6 Å². The van der Waals surface area contributed by atoms with Crippen LogP contribution in [0.4, 0.5) is 8.78 Å². The van der Waals surface area contributed by atoms with E-state index in [1.54, 1.807) is 0 Å². The standard InChI is InChI=1S/C16H22F2N2/c17-14-3-6-16(18)13(8-14)11-20-7-1-2-12(10-20)9-19-15-4-5-15/h3,6,8,12,15,19H,1-2,4-5,7,9-11H2. The normalized spacial score (nSPS) is 24.0. The van der Waals surface area contributed by atoms with Crippen molar-refractivity contribution in [3.05, 3.63) is 35.4 Å². The molecule has 20 heavy (non-hydrogen) atoms. The summed E-state index contributed by atoms with van der Waals surface area (Å²) in [4.78, 5) is 2.25. The van der Waals surface area contributed by atoms with E-state index in [-0.39, 0.29) is 11.6 Å². The zero-order valence-corrected chi connectivity index (χ0v) is 11.7. The van der Waals surface area contributed by atoms with E-state index in [2.05, 4.69) is 10.2 Å². The molecule has 1 unspecified atom stereocenters. The number of nitrogens with zero attached hydrogens (tertiary/aromatic N) is 1. The van der Waals surface area contributed by atoms with Crippen molar-refractivity contribution in [1.82, 2.24) is 10.2 Å². The number of benzene rings is 1. The van der Waals surface area contributed by atoms with Crippen molar-refractivity contribution < 1.29 is 8.78 Å². The van der Waals surface area contributed by atoms with Crippen molar-refractivity contribution in [2.24, 2.45) is 5.92 Å². The molecule has 2 aliphatic rings. The predicted octanol–water partition coefficient (Wildman–Crippen LogP) is 2.93. The summed E-state index contributed by atoms with van der Waals surface area (Å²) in [5.41, 5.74) is 0.473. The lowest BCUT2D eigenvalue weighted by molar-refractivity contribution is 0.163. The molecule has 0 radical (unpaired) electrons. The summed E-state index contributed by atoms with van der Waals surface area (Å²) >= 11 is 0. The van der Waals surface area contributed by atoms with Crippen LogP contribution in [0.15, 0.2) is 18.2 Å². The smallest absolute Gasteiger partial charge is 0.127 e. The zero-order valence-electron chi connectivity index (χ0n) is 11.7. The maximum absolute atomic E-state index is 13.7. The zero-order chi connectivity index (χ0) is 13.9. The first kappa shape index (κ1) is 14.0. The van der Waals surface area contributed by atoms with Gasteiger partial charge in [0, 0.05) is 24.7 Å². The summed E-state index contributed by atoms with van der Waals surface area (Å²) in [5, 5.41) is 3.57. The lowest BCUT2D eigenvalue weighted by atomic mass is 9.97. The molecule has 2 nitrogen and oxygen atoms in total. The molecule has 4 heteroatoms. The quantitative estimate of drug-likeness (QED) is 0.892. The molecular weight excluding hydrogens is 258 g/mol. The Labute approximate surface area is 119 Å². The first-order valence-corrected chi connectivity index (χ1v) is 7.60. The maximum Gasteiger partial charge on any atom is 0.127 e. The van der Waals surface area contributed by atoms with E-state index in [9.17, 15) is 8.78 Å². The van der Waals surface area contributed by atoms with Gasteiger partial charge in [0.2, 0.25) is 0 Å². The molecule has 0 spiro atoms. The molecule has 1 aromatic rings. The van der Waals surface area contributed by atoms with Crippen LogP contribution >= 0.6 is 0 Å². The van der Waals surface area contributed by atoms with E-state index in [0.717, 1.165) is 32.1 Å². The molecule has 1 aliphatic carbocycles. The molecule has 1 atom stereocenters. The summed E-state index contributed by atoms with van der Waals surface area (Å²) in [6.07, 6.45) is 5.01. The number of rotatable bonds is 5. The molecule has 1 N–H and O–H groups in total. The Morgan fingerprint density at radius 2 is 2.05 bits per heavy atom. The number of hydrogen-bond acceptors (Lipinski definition) is 2. The third kappa shape index (κ3) is 3.76. The van der Waals surface area contributed by atoms with Gasteiger partial charge in [-0.1, -0.05) is 0 Å². The minimum Gasteiger partial charge on any atom is -0.314 e. The van der Waals surface area contributed by atoms with Gasteiger partial charge in [0.05, 0.1) is 0 Å². The second-order valence-electron chi connectivity index (χ2n) is 6.16. The summed E-state index contributed by atoms with van der Waals surface area (Å²) in [7, 11) is 0. The largest absolute Gasteiger partial charge is 0.314 e. The maximum atomic E-state index is 13.7. The average Bonchev–Trinajstić information content (AvgIpc) is 3.25. The number of likely N-dealkylation sites (tertiary alicyclic amines) is 1. The van der Waals surface area contributed by atoms with Gasteiger partial charge in [0.15, 0.2) is 0 Å². The number of nitrogens with one attached hydrogen (secondary N) is 1. The molecule has 0 aromatic heterocycles. The van der Waals surface area contributed by atoms with Crippen LogP contribution in [0.2, 0.25) is 0 Å². The lowest BCUT2D eigenvalue weighted by Crippen LogP contribution is -2.39. The molecule has 1 heterocycles. The van der Waals surface area contributed by atoms with Gasteiger partial charge in [-0.05, 0) is 62.9 Å². The summed E-state index contributed by atoms with van der Waals surface area (Å²) in [6, 6.07) is 4.46. The molecule has 0 bridgehead atoms. The SMILES string of the molecule is Fc1ccc(F)c(CN2CCCC(CNC3CC3)C2)c1. The summed E-state index contributed by atoms with van der Waals surface area (Å²) < 4.78 is 26.9. The van der Waals surface area contributed by atoms with E-state index in [1.807, 2.05) is 0 Å². The highest BCUT2D eigenvalue weighted by Crippen LogP contribution is 2.22. The second kappa shape index (κ2) is 6.19. The monoisotopic (exact) mass is 280 g/mol. The van der Waals surface area contributed by atoms with Crippen molar-refractivity contribution in [3.63, 3.8) is 0 Å². The molecule has 1 saturated carbocycles. The third-order valence-electron chi connectivity index (χ3n) is 4.28. The molecule has 1 aromatic carbocycles. The van der Waals surface area contributed by atoms with Crippen LogP contribution < -0.4 is 5.32 Å². The van der Waals surface area contributed by atoms with Crippen molar-refractivity contribution in [1.29, 1.82) is 0 Å². The van der Waals surface area contributed by atoms with E-state index < -0.39 is 0 Å². The van der Waals surface area contributed by atoms with Gasteiger partial charge >= 0.3 is 0 Å². The van der Waals surface area contributed by atoms with Crippen LogP contribution in [0.25, 0.3) is 0 Å². The van der Waals surface area contributed by atoms with Gasteiger partial charge in [0.25, 0.3) is 0 Å². The molecule has 3 rings (SSSR count). The first-order valence-electron chi connectivity index (χ1n) is 7.60. The van der Waals surface area contributed by atoms with Crippen LogP contribution in [0.5, 0.6) is 0 Å². The van der Waals surface area contributed by atoms with E-state index >= 15 is 0 Å². The summed E-state index contributed by atoms with van der Waals surface area (Å²) in [6.45, 7) is 3.54. The highest BCUT2D eigenvalue weighted by atomic mass is 19.1. The van der Waals surface area contributed by atoms with Crippen molar-refractivity contribution in [2.45, 2.75) is 38.3 Å². The Morgan fingerprint density at radius 1 is 1.20 bits per heavy atom. The molecule has 1 saturated heterocycles. The van der Waals surface area contributed by atoms with Gasteiger partial charge in [-0.2, -0.15) is 0 Å². The minimum atomic E-state index is -0.356. The first-order chi connectivity index (χ1) is 9.70. The number of piperidine rings is 1. The third-order valence-corrected chi connectivity index (χ3v) is 4.28. The van der Waals surface area contributed by atoms with E-state index in [1.165, 1.54) is 37.5 Å². The van der Waals surface area contributed by atoms with Crippen LogP contribution in [-0.2, 0) is 6.54 Å². The number of halogens is 2. The Hall–Kier alpha value is -1.00. The highest BCUT2D eigenvalue weighted by molar-refractivity contribution is 5.18. The van der Waals surface area contributed by atoms with Gasteiger partial charge < -0.3 is 5.32 Å². The minimum absolute atomic E-state index is 0.301. The van der Waals surface area contributed by atoms with E-state index in [4.69, 9.17) is 0 Å². The number of hydrogen-bond donors (Lipinski definition) is 1. The highest BCUT2D eigenvalue weighted by Gasteiger charge is 2.25. The molecule has 110 valence electrons. The van der Waals surface area contributed by atoms with Crippen LogP contribution in [-0.4, -0.2) is 30.6 Å². The molecule has 0 amide bonds. The van der Waals surface area contributed by atoms with Gasteiger partial charge in [0.1, 0.15) is 11.6 Å². The fourth-order valence-corrected chi connectivity index (χ4v) is 2.99. The van der Waals surface area contributed by atoms with Crippen molar-refractivity contribution >= 4 is 0 Å². The Morgan fingerprint density at radius 3 is 2.85 bits per heavy atom. The molecule has 2 fully saturated rings. The van der Waals surface area contributed by atoms with Crippen molar-refractivity contribution in [3.8, 4) is 0 Å². The van der Waals surface area contributed by atoms with Gasteiger partial charge in [-0.15, -0.1) is 0 Å². The predicted molar refractivity (Wildman–Crippen MR) is 75.4 cm³/mol. The van der Waals surface area contributed by atoms with Gasteiger partial charge in [-0.3, -0.25) is 4.90 Å². The lowest BCUT2D eigenvalue weighted by Gasteiger charge is -2.33. The Balaban J connectivity index is 1.54. The van der Waals surface area contributed by atoms with Crippen LogP contribution in [0.3, 0.4) is 0 Å². The van der Waals surface area contributed by atoms with Crippen molar-refractivity contribution in [2.75, 3.05) is 19.6 Å². The fraction of sp³-hybridized carbons (Fsp3) is 0.625. The summed E-state index contributed by atoms with van der Waals surface area (Å²) in [5.74, 6) is -0.0176. The average molecular weight is 280 g/mol. The molecular formula is C16H22F2N2. The Bertz CT molecular complexity index is 460. The Kier molecular flexibility index (Phi) is 4.32. The fourth-order valence-electron chi connectivity index (χ4n) is 2.99. The van der Waals surface area contributed by atoms with Gasteiger partial charge in [-0.25, -0.2) is 8.78 Å². The van der Waals surface area contributed by atoms with E-state index in [0.29, 0.717) is 18.0 Å². The van der Waals surface area contributed by atoms with Crippen LogP contribution in [0.1, 0.15) is 31.2 Å². The topological polar surface area (TPSA) is 15.3 Å². The second-order valence-corrected chi connectivity index (χ2v) is 6.16.